The second-order valence-corrected chi connectivity index (χ2v) is 4.61. The molecule has 2 aliphatic rings. The third kappa shape index (κ3) is 2.30. The van der Waals surface area contributed by atoms with Crippen molar-refractivity contribution < 1.29 is 4.79 Å². The number of carbonyl (C=O) groups is 1. The van der Waals surface area contributed by atoms with Crippen LogP contribution in [-0.4, -0.2) is 43.6 Å². The third-order valence-electron chi connectivity index (χ3n) is 3.09. The molecular weight excluding hydrogens is 200 g/mol. The Bertz CT molecular complexity index is 377. The molecule has 0 spiro atoms. The van der Waals surface area contributed by atoms with Gasteiger partial charge in [-0.2, -0.15) is 0 Å². The molecule has 1 atom stereocenters. The van der Waals surface area contributed by atoms with Gasteiger partial charge in [0.05, 0.1) is 6.54 Å². The number of fused-ring (bicyclic) bond motifs is 1. The fourth-order valence-corrected chi connectivity index (χ4v) is 2.18. The van der Waals surface area contributed by atoms with E-state index in [0.29, 0.717) is 6.42 Å². The molecule has 0 radical (unpaired) electrons. The molecule has 0 saturated heterocycles. The highest BCUT2D eigenvalue weighted by molar-refractivity contribution is 6.20. The quantitative estimate of drug-likeness (QED) is 0.718. The minimum atomic E-state index is 0.262. The van der Waals surface area contributed by atoms with E-state index in [1.807, 2.05) is 26.2 Å². The van der Waals surface area contributed by atoms with Crippen LogP contribution in [0.5, 0.6) is 0 Å². The number of hydrogen-bond donors (Lipinski definition) is 0. The van der Waals surface area contributed by atoms with E-state index < -0.39 is 0 Å². The topological polar surface area (TPSA) is 32.7 Å². The van der Waals surface area contributed by atoms with Gasteiger partial charge in [-0.3, -0.25) is 9.79 Å². The van der Waals surface area contributed by atoms with Gasteiger partial charge in [0, 0.05) is 30.2 Å². The van der Waals surface area contributed by atoms with E-state index >= 15 is 0 Å². The zero-order valence-corrected chi connectivity index (χ0v) is 9.94. The number of Topliss-reactive ketones (excluding diaryl/α,β-unsaturated/α-hetero) is 1. The van der Waals surface area contributed by atoms with Gasteiger partial charge in [-0.1, -0.05) is 18.2 Å². The van der Waals surface area contributed by atoms with Gasteiger partial charge in [0.2, 0.25) is 0 Å². The Morgan fingerprint density at radius 3 is 3.06 bits per heavy atom. The number of aliphatic imine (C=N–C) groups is 1. The minimum Gasteiger partial charge on any atom is -0.308 e. The molecule has 0 bridgehead atoms. The summed E-state index contributed by atoms with van der Waals surface area (Å²) in [7, 11) is 4.07. The normalized spacial score (nSPS) is 26.4. The van der Waals surface area contributed by atoms with Crippen LogP contribution in [0.25, 0.3) is 0 Å². The Kier molecular flexibility index (Phi) is 3.34. The van der Waals surface area contributed by atoms with Crippen molar-refractivity contribution in [2.45, 2.75) is 12.8 Å². The molecule has 1 unspecified atom stereocenters. The molecule has 16 heavy (non-hydrogen) atoms. The first-order chi connectivity index (χ1) is 7.68. The van der Waals surface area contributed by atoms with Gasteiger partial charge >= 0.3 is 0 Å². The number of allylic oxidation sites excluding steroid dienone is 4. The second kappa shape index (κ2) is 4.74. The van der Waals surface area contributed by atoms with Gasteiger partial charge in [0.25, 0.3) is 0 Å². The van der Waals surface area contributed by atoms with Crippen LogP contribution in [0, 0.1) is 5.92 Å². The van der Waals surface area contributed by atoms with E-state index in [9.17, 15) is 4.79 Å². The Hall–Kier alpha value is -1.22. The summed E-state index contributed by atoms with van der Waals surface area (Å²) in [5.41, 5.74) is 2.05. The summed E-state index contributed by atoms with van der Waals surface area (Å²) in [5, 5.41) is 0. The highest BCUT2D eigenvalue weighted by Gasteiger charge is 2.33. The summed E-state index contributed by atoms with van der Waals surface area (Å²) in [6.07, 6.45) is 7.52. The maximum atomic E-state index is 11.7. The first-order valence-corrected chi connectivity index (χ1v) is 5.76. The van der Waals surface area contributed by atoms with Crippen LogP contribution < -0.4 is 0 Å². The van der Waals surface area contributed by atoms with Crippen molar-refractivity contribution in [2.24, 2.45) is 10.9 Å². The Morgan fingerprint density at radius 1 is 1.50 bits per heavy atom. The summed E-state index contributed by atoms with van der Waals surface area (Å²) in [6, 6.07) is 0. The Labute approximate surface area is 96.5 Å². The van der Waals surface area contributed by atoms with E-state index in [1.54, 1.807) is 0 Å². The first-order valence-electron chi connectivity index (χ1n) is 5.76. The summed E-state index contributed by atoms with van der Waals surface area (Å²) in [4.78, 5) is 18.4. The number of likely N-dealkylation sites (N-methyl/N-ethyl adjacent to an activating group) is 1. The molecule has 0 aromatic rings. The van der Waals surface area contributed by atoms with Gasteiger partial charge in [-0.25, -0.2) is 0 Å². The van der Waals surface area contributed by atoms with Crippen LogP contribution in [0.15, 0.2) is 28.8 Å². The molecule has 0 aliphatic heterocycles. The molecule has 2 rings (SSSR count). The van der Waals surface area contributed by atoms with Gasteiger partial charge in [-0.15, -0.1) is 0 Å². The second-order valence-electron chi connectivity index (χ2n) is 4.61. The average Bonchev–Trinajstić information content (AvgIpc) is 2.57. The SMILES string of the molecule is CN(C)CCN=C1CC(=O)C2=CC=CCC21. The van der Waals surface area contributed by atoms with Crippen LogP contribution in [-0.2, 0) is 4.79 Å². The van der Waals surface area contributed by atoms with Crippen LogP contribution in [0.3, 0.4) is 0 Å². The highest BCUT2D eigenvalue weighted by Crippen LogP contribution is 2.31. The maximum Gasteiger partial charge on any atom is 0.165 e. The lowest BCUT2D eigenvalue weighted by Crippen LogP contribution is -2.17. The molecule has 0 aromatic heterocycles. The molecule has 1 saturated carbocycles. The summed E-state index contributed by atoms with van der Waals surface area (Å²) < 4.78 is 0. The molecule has 0 N–H and O–H groups in total. The fourth-order valence-electron chi connectivity index (χ4n) is 2.18. The van der Waals surface area contributed by atoms with Crippen molar-refractivity contribution in [3.05, 3.63) is 23.8 Å². The van der Waals surface area contributed by atoms with Gasteiger partial charge in [-0.05, 0) is 20.5 Å². The number of hydrogen-bond acceptors (Lipinski definition) is 3. The summed E-state index contributed by atoms with van der Waals surface area (Å²) in [6.45, 7) is 1.74. The van der Waals surface area contributed by atoms with Crippen LogP contribution in [0.1, 0.15) is 12.8 Å². The van der Waals surface area contributed by atoms with Gasteiger partial charge in [0.1, 0.15) is 0 Å². The van der Waals surface area contributed by atoms with E-state index in [2.05, 4.69) is 16.0 Å². The first kappa shape index (κ1) is 11.3. The zero-order chi connectivity index (χ0) is 11.5. The van der Waals surface area contributed by atoms with Crippen molar-refractivity contribution in [3.63, 3.8) is 0 Å². The lowest BCUT2D eigenvalue weighted by atomic mass is 9.93. The van der Waals surface area contributed by atoms with E-state index in [0.717, 1.165) is 30.8 Å². The van der Waals surface area contributed by atoms with Crippen molar-refractivity contribution in [2.75, 3.05) is 27.2 Å². The molecule has 3 nitrogen and oxygen atoms in total. The minimum absolute atomic E-state index is 0.262. The highest BCUT2D eigenvalue weighted by atomic mass is 16.1. The summed E-state index contributed by atoms with van der Waals surface area (Å²) >= 11 is 0. The van der Waals surface area contributed by atoms with Crippen molar-refractivity contribution in [3.8, 4) is 0 Å². The van der Waals surface area contributed by atoms with Crippen molar-refractivity contribution in [1.29, 1.82) is 0 Å². The predicted octanol–water partition coefficient (Wildman–Crippen LogP) is 1.46. The molecule has 0 heterocycles. The number of ketones is 1. The number of nitrogens with zero attached hydrogens (tertiary/aromatic N) is 2. The molecule has 0 aromatic carbocycles. The Balaban J connectivity index is 2.05. The predicted molar refractivity (Wildman–Crippen MR) is 65.8 cm³/mol. The van der Waals surface area contributed by atoms with E-state index in [-0.39, 0.29) is 11.7 Å². The van der Waals surface area contributed by atoms with Crippen LogP contribution >= 0.6 is 0 Å². The number of rotatable bonds is 3. The van der Waals surface area contributed by atoms with E-state index in [4.69, 9.17) is 0 Å². The molecule has 2 aliphatic carbocycles. The average molecular weight is 218 g/mol. The molecule has 1 fully saturated rings. The van der Waals surface area contributed by atoms with Crippen molar-refractivity contribution >= 4 is 11.5 Å². The molecular formula is C13H18N2O. The fraction of sp³-hybridized carbons (Fsp3) is 0.538. The molecule has 3 heteroatoms. The smallest absolute Gasteiger partial charge is 0.165 e. The van der Waals surface area contributed by atoms with Gasteiger partial charge in [0.15, 0.2) is 5.78 Å². The standard InChI is InChI=1S/C13H18N2O/c1-15(2)8-7-14-12-9-13(16)11-6-4-3-5-10(11)12/h3-4,6,10H,5,7-9H2,1-2H3. The molecule has 86 valence electrons. The lowest BCUT2D eigenvalue weighted by Gasteiger charge is -2.13. The maximum absolute atomic E-state index is 11.7. The summed E-state index contributed by atoms with van der Waals surface area (Å²) in [5.74, 6) is 0.539. The van der Waals surface area contributed by atoms with Gasteiger partial charge < -0.3 is 4.90 Å². The monoisotopic (exact) mass is 218 g/mol. The van der Waals surface area contributed by atoms with E-state index in [1.165, 1.54) is 0 Å². The molecule has 0 amide bonds. The third-order valence-corrected chi connectivity index (χ3v) is 3.09. The lowest BCUT2D eigenvalue weighted by molar-refractivity contribution is -0.114. The zero-order valence-electron chi connectivity index (χ0n) is 9.94. The van der Waals surface area contributed by atoms with Crippen LogP contribution in [0.2, 0.25) is 0 Å². The Morgan fingerprint density at radius 2 is 2.31 bits per heavy atom. The number of carbonyl (C=O) groups excluding carboxylic acids is 1. The largest absolute Gasteiger partial charge is 0.308 e. The van der Waals surface area contributed by atoms with Crippen molar-refractivity contribution in [1.82, 2.24) is 4.90 Å². The van der Waals surface area contributed by atoms with Crippen LogP contribution in [0.4, 0.5) is 0 Å².